The van der Waals surface area contributed by atoms with Gasteiger partial charge < -0.3 is 9.80 Å². The molecule has 130 valence electrons. The van der Waals surface area contributed by atoms with Crippen molar-refractivity contribution < 1.29 is 0 Å². The molecule has 0 aliphatic carbocycles. The molecular formula is C22H21N3S. The van der Waals surface area contributed by atoms with Crippen molar-refractivity contribution in [3.05, 3.63) is 78.5 Å². The number of rotatable bonds is 3. The van der Waals surface area contributed by atoms with Crippen LogP contribution in [0.4, 0.5) is 22.1 Å². The molecule has 2 aliphatic rings. The van der Waals surface area contributed by atoms with Crippen LogP contribution in [-0.4, -0.2) is 11.1 Å². The molecule has 3 unspecified atom stereocenters. The minimum atomic E-state index is 0.257. The quantitative estimate of drug-likeness (QED) is 0.529. The Morgan fingerprint density at radius 2 is 1.96 bits per heavy atom. The second-order valence-corrected chi connectivity index (χ2v) is 7.94. The number of fused-ring (bicyclic) bond motifs is 5. The summed E-state index contributed by atoms with van der Waals surface area (Å²) >= 11 is 1.80. The van der Waals surface area contributed by atoms with Gasteiger partial charge in [0.1, 0.15) is 6.17 Å². The maximum Gasteiger partial charge on any atom is 0.115 e. The molecule has 4 heteroatoms. The zero-order valence-electron chi connectivity index (χ0n) is 14.7. The third-order valence-electron chi connectivity index (χ3n) is 5.69. The number of hydrogen-bond donors (Lipinski definition) is 0. The van der Waals surface area contributed by atoms with Crippen LogP contribution in [0.3, 0.4) is 0 Å². The van der Waals surface area contributed by atoms with Crippen LogP contribution in [0.5, 0.6) is 0 Å². The molecule has 0 saturated carbocycles. The molecule has 2 aliphatic heterocycles. The summed E-state index contributed by atoms with van der Waals surface area (Å²) in [6.07, 6.45) is 7.22. The Morgan fingerprint density at radius 1 is 1.08 bits per heavy atom. The summed E-state index contributed by atoms with van der Waals surface area (Å²) in [6.45, 7) is 6.40. The van der Waals surface area contributed by atoms with Gasteiger partial charge in [0.15, 0.2) is 0 Å². The van der Waals surface area contributed by atoms with E-state index < -0.39 is 0 Å². The van der Waals surface area contributed by atoms with Crippen LogP contribution in [0.15, 0.2) is 72.9 Å². The summed E-state index contributed by atoms with van der Waals surface area (Å²) in [5.41, 5.74) is 5.16. The summed E-state index contributed by atoms with van der Waals surface area (Å²) in [4.78, 5) is 9.42. The van der Waals surface area contributed by atoms with Crippen molar-refractivity contribution in [3.8, 4) is 0 Å². The molecule has 3 nitrogen and oxygen atoms in total. The van der Waals surface area contributed by atoms with Gasteiger partial charge in [0.2, 0.25) is 0 Å². The number of allylic oxidation sites excluding steroid dienone is 1. The van der Waals surface area contributed by atoms with Crippen molar-refractivity contribution in [2.45, 2.75) is 25.4 Å². The van der Waals surface area contributed by atoms with Crippen LogP contribution in [0.25, 0.3) is 0 Å². The minimum Gasteiger partial charge on any atom is -0.316 e. The molecule has 4 heterocycles. The maximum absolute atomic E-state index is 4.44. The first-order chi connectivity index (χ1) is 12.8. The number of pyridine rings is 1. The molecule has 0 saturated heterocycles. The van der Waals surface area contributed by atoms with Gasteiger partial charge in [0.05, 0.1) is 22.6 Å². The summed E-state index contributed by atoms with van der Waals surface area (Å²) in [5, 5.41) is 3.44. The van der Waals surface area contributed by atoms with Gasteiger partial charge in [-0.3, -0.25) is 4.98 Å². The van der Waals surface area contributed by atoms with Crippen LogP contribution in [0, 0.1) is 5.92 Å². The third-order valence-corrected chi connectivity index (χ3v) is 6.56. The van der Waals surface area contributed by atoms with Crippen molar-refractivity contribution in [2.75, 3.05) is 9.80 Å². The van der Waals surface area contributed by atoms with Crippen LogP contribution in [0.2, 0.25) is 0 Å². The van der Waals surface area contributed by atoms with E-state index in [9.17, 15) is 0 Å². The Morgan fingerprint density at radius 3 is 2.77 bits per heavy atom. The smallest absolute Gasteiger partial charge is 0.115 e. The molecule has 0 N–H and O–H groups in total. The molecule has 0 amide bonds. The van der Waals surface area contributed by atoms with Crippen LogP contribution >= 0.6 is 11.3 Å². The highest BCUT2D eigenvalue weighted by Gasteiger charge is 2.47. The van der Waals surface area contributed by atoms with E-state index in [2.05, 4.69) is 82.2 Å². The standard InChI is InChI=1S/C22H21N3S/c1-3-7-16-15(2)22-24(18-9-5-4-8-17(16)18)20-14-23-12-11-19(20)25(22)21-10-6-13-26-21/h3-6,8-16,22H,1,7H2,2H3. The van der Waals surface area contributed by atoms with Gasteiger partial charge in [-0.25, -0.2) is 0 Å². The Labute approximate surface area is 158 Å². The van der Waals surface area contributed by atoms with Crippen molar-refractivity contribution in [1.29, 1.82) is 0 Å². The van der Waals surface area contributed by atoms with Crippen LogP contribution in [-0.2, 0) is 0 Å². The SMILES string of the molecule is C=CCC1c2ccccc2N2c3cnccc3N(c3cccs3)C2C1C. The zero-order valence-corrected chi connectivity index (χ0v) is 15.6. The van der Waals surface area contributed by atoms with Crippen LogP contribution in [0.1, 0.15) is 24.8 Å². The molecule has 0 radical (unpaired) electrons. The van der Waals surface area contributed by atoms with Gasteiger partial charge in [0.25, 0.3) is 0 Å². The molecule has 0 fully saturated rings. The van der Waals surface area contributed by atoms with Crippen molar-refractivity contribution in [2.24, 2.45) is 5.92 Å². The largest absolute Gasteiger partial charge is 0.316 e. The van der Waals surface area contributed by atoms with Gasteiger partial charge in [-0.15, -0.1) is 17.9 Å². The summed E-state index contributed by atoms with van der Waals surface area (Å²) in [7, 11) is 0. The number of benzene rings is 1. The van der Waals surface area contributed by atoms with E-state index in [-0.39, 0.29) is 6.17 Å². The second-order valence-electron chi connectivity index (χ2n) is 7.02. The average Bonchev–Trinajstić information content (AvgIpc) is 3.31. The van der Waals surface area contributed by atoms with E-state index >= 15 is 0 Å². The van der Waals surface area contributed by atoms with E-state index in [0.717, 1.165) is 6.42 Å². The number of hydrogen-bond acceptors (Lipinski definition) is 4. The van der Waals surface area contributed by atoms with Crippen molar-refractivity contribution in [1.82, 2.24) is 4.98 Å². The molecule has 3 atom stereocenters. The Bertz CT molecular complexity index is 950. The van der Waals surface area contributed by atoms with Crippen molar-refractivity contribution >= 4 is 33.4 Å². The molecule has 26 heavy (non-hydrogen) atoms. The van der Waals surface area contributed by atoms with E-state index in [0.29, 0.717) is 11.8 Å². The van der Waals surface area contributed by atoms with Gasteiger partial charge in [-0.2, -0.15) is 0 Å². The fourth-order valence-corrected chi connectivity index (χ4v) is 5.37. The number of para-hydroxylation sites is 1. The number of nitrogens with zero attached hydrogens (tertiary/aromatic N) is 3. The monoisotopic (exact) mass is 359 g/mol. The topological polar surface area (TPSA) is 19.4 Å². The molecular weight excluding hydrogens is 338 g/mol. The minimum absolute atomic E-state index is 0.257. The Kier molecular flexibility index (Phi) is 3.61. The second kappa shape index (κ2) is 5.99. The lowest BCUT2D eigenvalue weighted by Crippen LogP contribution is -2.48. The first-order valence-corrected chi connectivity index (χ1v) is 9.95. The lowest BCUT2D eigenvalue weighted by atomic mass is 9.78. The predicted octanol–water partition coefficient (Wildman–Crippen LogP) is 6.07. The summed E-state index contributed by atoms with van der Waals surface area (Å²) in [6, 6.07) is 15.3. The summed E-state index contributed by atoms with van der Waals surface area (Å²) < 4.78 is 0. The third kappa shape index (κ3) is 2.08. The predicted molar refractivity (Wildman–Crippen MR) is 110 cm³/mol. The van der Waals surface area contributed by atoms with E-state index in [1.54, 1.807) is 11.3 Å². The van der Waals surface area contributed by atoms with Gasteiger partial charge in [-0.05, 0) is 47.5 Å². The number of anilines is 4. The number of aromatic nitrogens is 1. The number of thiophene rings is 1. The molecule has 0 spiro atoms. The van der Waals surface area contributed by atoms with E-state index in [1.807, 2.05) is 12.4 Å². The highest BCUT2D eigenvalue weighted by atomic mass is 32.1. The van der Waals surface area contributed by atoms with Gasteiger partial charge >= 0.3 is 0 Å². The first-order valence-electron chi connectivity index (χ1n) is 9.07. The molecule has 1 aromatic carbocycles. The lowest BCUT2D eigenvalue weighted by molar-refractivity contribution is 0.370. The lowest BCUT2D eigenvalue weighted by Gasteiger charge is -2.45. The fraction of sp³-hybridized carbons (Fsp3) is 0.227. The Balaban J connectivity index is 1.76. The van der Waals surface area contributed by atoms with Crippen molar-refractivity contribution in [3.63, 3.8) is 0 Å². The van der Waals surface area contributed by atoms with Gasteiger partial charge in [0, 0.05) is 17.8 Å². The molecule has 5 rings (SSSR count). The highest BCUT2D eigenvalue weighted by Crippen LogP contribution is 2.56. The normalized spacial score (nSPS) is 23.3. The van der Waals surface area contributed by atoms with Gasteiger partial charge in [-0.1, -0.05) is 31.2 Å². The fourth-order valence-electron chi connectivity index (χ4n) is 4.60. The Hall–Kier alpha value is -2.59. The van der Waals surface area contributed by atoms with Crippen LogP contribution < -0.4 is 9.80 Å². The summed E-state index contributed by atoms with van der Waals surface area (Å²) in [5.74, 6) is 0.923. The first kappa shape index (κ1) is 15.6. The van der Waals surface area contributed by atoms with E-state index in [4.69, 9.17) is 0 Å². The highest BCUT2D eigenvalue weighted by molar-refractivity contribution is 7.14. The molecule has 0 bridgehead atoms. The zero-order chi connectivity index (χ0) is 17.7. The molecule has 3 aromatic rings. The van der Waals surface area contributed by atoms with E-state index in [1.165, 1.54) is 27.6 Å². The average molecular weight is 359 g/mol. The molecule has 2 aromatic heterocycles. The maximum atomic E-state index is 4.44.